The van der Waals surface area contributed by atoms with Crippen LogP contribution in [0.25, 0.3) is 0 Å². The highest BCUT2D eigenvalue weighted by atomic mass is 127. The Morgan fingerprint density at radius 2 is 1.47 bits per heavy atom. The van der Waals surface area contributed by atoms with E-state index in [9.17, 15) is 19.2 Å². The molecule has 7 rings (SSSR count). The maximum Gasteiger partial charge on any atom is 0.379 e. The molecule has 0 spiro atoms. The number of benzene rings is 3. The van der Waals surface area contributed by atoms with Crippen LogP contribution in [0.2, 0.25) is 0 Å². The van der Waals surface area contributed by atoms with E-state index in [4.69, 9.17) is 19.4 Å². The summed E-state index contributed by atoms with van der Waals surface area (Å²) in [5, 5.41) is 9.67. The number of thioether (sulfide) groups is 2. The number of esters is 1. The first kappa shape index (κ1) is 48.0. The van der Waals surface area contributed by atoms with Crippen LogP contribution in [0.5, 0.6) is 0 Å². The van der Waals surface area contributed by atoms with Gasteiger partial charge in [-0.15, -0.1) is 34.9 Å². The summed E-state index contributed by atoms with van der Waals surface area (Å²) in [4.78, 5) is 72.6. The van der Waals surface area contributed by atoms with Crippen LogP contribution >= 0.6 is 34.9 Å². The monoisotopic (exact) mass is 1030 g/mol. The molecule has 1 atom stereocenters. The standard InChI is InChI=1S/C46H47N7O7S3.HI/c1-44(2,3)58-42(57)45(4,5)60-50-38(40(55)51-59-41(56)39-30(28-62-37-26-36(54)53(37)39)27-61-34-22-24-52(47-6)25-23-34)35-29-63-43(48-35)49-46(31-16-10-7-11-17-31,32-18-12-8-13-19-32)33-20-14-9-15-21-33;/h7-25,29,37,47H,26-28H2,1-6H3,(H-,48,49,51,55);1H/b50-38-;/t37-;/m0./s1. The van der Waals surface area contributed by atoms with Crippen molar-refractivity contribution in [3.8, 4) is 0 Å². The van der Waals surface area contributed by atoms with Crippen LogP contribution in [0.15, 0.2) is 142 Å². The molecule has 5 aromatic rings. The molecule has 0 unspecified atom stereocenters. The van der Waals surface area contributed by atoms with Crippen molar-refractivity contribution in [3.63, 3.8) is 0 Å². The number of carbonyl (C=O) groups is 4. The van der Waals surface area contributed by atoms with Crippen molar-refractivity contribution in [2.45, 2.75) is 68.0 Å². The number of hydroxylamine groups is 1. The van der Waals surface area contributed by atoms with Gasteiger partial charge in [-0.05, 0) is 56.9 Å². The number of nitrogens with one attached hydrogen (secondary N) is 3. The lowest BCUT2D eigenvalue weighted by Crippen LogP contribution is -3.00. The lowest BCUT2D eigenvalue weighted by atomic mass is 9.77. The summed E-state index contributed by atoms with van der Waals surface area (Å²) in [5.74, 6) is -1.95. The van der Waals surface area contributed by atoms with Gasteiger partial charge in [0.15, 0.2) is 10.8 Å². The zero-order chi connectivity index (χ0) is 44.8. The Hall–Kier alpha value is -5.44. The highest BCUT2D eigenvalue weighted by molar-refractivity contribution is 8.01. The fourth-order valence-electron chi connectivity index (χ4n) is 6.78. The molecule has 4 heterocycles. The molecule has 3 N–H and O–H groups in total. The number of halogens is 1. The Kier molecular flexibility index (Phi) is 15.5. The average molecular weight is 1030 g/mol. The van der Waals surface area contributed by atoms with Crippen LogP contribution in [0.3, 0.4) is 0 Å². The van der Waals surface area contributed by atoms with E-state index in [1.54, 1.807) is 49.6 Å². The van der Waals surface area contributed by atoms with E-state index < -0.39 is 40.3 Å². The van der Waals surface area contributed by atoms with Crippen molar-refractivity contribution < 1.29 is 62.2 Å². The third-order valence-corrected chi connectivity index (χ3v) is 13.1. The Labute approximate surface area is 401 Å². The average Bonchev–Trinajstić information content (AvgIpc) is 3.74. The molecule has 0 bridgehead atoms. The predicted octanol–water partition coefficient (Wildman–Crippen LogP) is 3.78. The molecule has 1 saturated heterocycles. The molecule has 0 saturated carbocycles. The van der Waals surface area contributed by atoms with E-state index in [0.717, 1.165) is 21.6 Å². The molecule has 2 amide bonds. The number of amides is 2. The fourth-order valence-corrected chi connectivity index (χ4v) is 9.82. The summed E-state index contributed by atoms with van der Waals surface area (Å²) >= 11 is 4.29. The Bertz CT molecular complexity index is 2420. The van der Waals surface area contributed by atoms with Gasteiger partial charge in [0.1, 0.15) is 22.5 Å². The van der Waals surface area contributed by atoms with Crippen LogP contribution < -0.4 is 44.9 Å². The molecular formula is C46H48IN7O7S3. The quantitative estimate of drug-likeness (QED) is 0.0204. The fraction of sp³-hybridized carbons (Fsp3) is 0.283. The maximum atomic E-state index is 14.2. The summed E-state index contributed by atoms with van der Waals surface area (Å²) in [7, 11) is 1.81. The first-order valence-corrected chi connectivity index (χ1v) is 23.0. The second-order valence-corrected chi connectivity index (χ2v) is 19.1. The number of anilines is 1. The number of carbonyl (C=O) groups excluding carboxylic acids is 4. The van der Waals surface area contributed by atoms with Crippen LogP contribution in [0.1, 0.15) is 63.4 Å². The van der Waals surface area contributed by atoms with Gasteiger partial charge in [0, 0.05) is 33.9 Å². The topological polar surface area (TPSA) is 164 Å². The molecule has 0 radical (unpaired) electrons. The number of aromatic nitrogens is 2. The van der Waals surface area contributed by atoms with Gasteiger partial charge < -0.3 is 43.7 Å². The number of β-lactam (4-membered cyclic amide) rings is 1. The summed E-state index contributed by atoms with van der Waals surface area (Å²) in [6.07, 6.45) is 4.03. The van der Waals surface area contributed by atoms with E-state index in [-0.39, 0.29) is 46.6 Å². The number of oxime groups is 1. The van der Waals surface area contributed by atoms with Crippen molar-refractivity contribution in [1.82, 2.24) is 15.4 Å². The zero-order valence-electron chi connectivity index (χ0n) is 36.0. The predicted molar refractivity (Wildman–Crippen MR) is 244 cm³/mol. The SMILES string of the molecule is CN[n+]1ccc(SCC2=C(C(=O)ONC(=O)/C(=N\OC(C)(C)C(=O)OC(C)(C)C)c3csc(NC(c4ccccc4)(c4ccccc4)c4ccccc4)n3)N3C(=O)C[C@@H]3SC2)cc1.[I-]. The summed E-state index contributed by atoms with van der Waals surface area (Å²) < 4.78 is 7.36. The minimum atomic E-state index is -1.65. The molecule has 2 aromatic heterocycles. The highest BCUT2D eigenvalue weighted by Gasteiger charge is 2.46. The first-order chi connectivity index (χ1) is 30.2. The number of thiazole rings is 1. The van der Waals surface area contributed by atoms with Crippen LogP contribution in [-0.4, -0.2) is 74.5 Å². The van der Waals surface area contributed by atoms with Crippen molar-refractivity contribution in [1.29, 1.82) is 0 Å². The maximum absolute atomic E-state index is 14.2. The lowest BCUT2D eigenvalue weighted by Gasteiger charge is -2.44. The molecule has 334 valence electrons. The van der Waals surface area contributed by atoms with Gasteiger partial charge in [-0.1, -0.05) is 101 Å². The second kappa shape index (κ2) is 20.6. The third-order valence-electron chi connectivity index (χ3n) is 9.96. The lowest BCUT2D eigenvalue weighted by molar-refractivity contribution is -0.647. The van der Waals surface area contributed by atoms with Crippen LogP contribution in [-0.2, 0) is 39.1 Å². The molecule has 3 aromatic carbocycles. The summed E-state index contributed by atoms with van der Waals surface area (Å²) in [6, 6.07) is 33.7. The Balaban J connectivity index is 0.00000680. The number of ether oxygens (including phenoxy) is 1. The van der Waals surface area contributed by atoms with Crippen molar-refractivity contribution in [3.05, 3.63) is 155 Å². The number of pyridine rings is 1. The number of rotatable bonds is 15. The van der Waals surface area contributed by atoms with Gasteiger partial charge in [-0.25, -0.2) is 14.6 Å². The van der Waals surface area contributed by atoms with Gasteiger partial charge in [-0.3, -0.25) is 14.5 Å². The third kappa shape index (κ3) is 10.9. The molecule has 2 aliphatic heterocycles. The molecule has 2 aliphatic rings. The normalized spacial score (nSPS) is 15.2. The van der Waals surface area contributed by atoms with Gasteiger partial charge in [0.2, 0.25) is 23.9 Å². The van der Waals surface area contributed by atoms with Gasteiger partial charge >= 0.3 is 17.8 Å². The largest absolute Gasteiger partial charge is 1.00 e. The molecule has 64 heavy (non-hydrogen) atoms. The van der Waals surface area contributed by atoms with Gasteiger partial charge in [-0.2, -0.15) is 10.9 Å². The first-order valence-electron chi connectivity index (χ1n) is 20.1. The van der Waals surface area contributed by atoms with Gasteiger partial charge in [0.25, 0.3) is 0 Å². The smallest absolute Gasteiger partial charge is 0.379 e. The second-order valence-electron chi connectivity index (χ2n) is 16.0. The Morgan fingerprint density at radius 1 is 0.891 bits per heavy atom. The van der Waals surface area contributed by atoms with Crippen molar-refractivity contribution in [2.75, 3.05) is 29.3 Å². The van der Waals surface area contributed by atoms with E-state index in [1.807, 2.05) is 116 Å². The van der Waals surface area contributed by atoms with Crippen LogP contribution in [0, 0.1) is 0 Å². The molecule has 18 heteroatoms. The molecule has 14 nitrogen and oxygen atoms in total. The molecule has 1 fully saturated rings. The molecular weight excluding hydrogens is 986 g/mol. The van der Waals surface area contributed by atoms with E-state index in [1.165, 1.54) is 41.8 Å². The summed E-state index contributed by atoms with van der Waals surface area (Å²) in [6.45, 7) is 8.10. The van der Waals surface area contributed by atoms with E-state index >= 15 is 0 Å². The van der Waals surface area contributed by atoms with Gasteiger partial charge in [0.05, 0.1) is 18.8 Å². The van der Waals surface area contributed by atoms with Crippen LogP contribution in [0.4, 0.5) is 5.13 Å². The number of hydrogen-bond donors (Lipinski definition) is 3. The van der Waals surface area contributed by atoms with E-state index in [2.05, 4.69) is 21.4 Å². The number of hydrogen-bond acceptors (Lipinski definition) is 14. The number of fused-ring (bicyclic) bond motifs is 1. The number of nitrogens with zero attached hydrogens (tertiary/aromatic N) is 4. The Morgan fingerprint density at radius 3 is 2.00 bits per heavy atom. The minimum absolute atomic E-state index is 0. The highest BCUT2D eigenvalue weighted by Crippen LogP contribution is 2.42. The van der Waals surface area contributed by atoms with Crippen molar-refractivity contribution >= 4 is 69.5 Å². The molecule has 0 aliphatic carbocycles. The van der Waals surface area contributed by atoms with Crippen molar-refractivity contribution in [2.24, 2.45) is 5.16 Å². The summed E-state index contributed by atoms with van der Waals surface area (Å²) in [5.41, 5.74) is 5.07. The van der Waals surface area contributed by atoms with E-state index in [0.29, 0.717) is 28.6 Å². The zero-order valence-corrected chi connectivity index (χ0v) is 40.6. The minimum Gasteiger partial charge on any atom is -1.00 e.